The number of carbonyl (C=O) groups is 1. The van der Waals surface area contributed by atoms with E-state index in [0.29, 0.717) is 6.61 Å². The first kappa shape index (κ1) is 16.4. The third-order valence-electron chi connectivity index (χ3n) is 2.90. The van der Waals surface area contributed by atoms with Crippen LogP contribution in [0.25, 0.3) is 6.08 Å². The second kappa shape index (κ2) is 9.11. The lowest BCUT2D eigenvalue weighted by Crippen LogP contribution is -2.00. The van der Waals surface area contributed by atoms with Gasteiger partial charge >= 0.3 is 5.97 Å². The van der Waals surface area contributed by atoms with Crippen molar-refractivity contribution < 1.29 is 14.3 Å². The van der Waals surface area contributed by atoms with Crippen molar-refractivity contribution in [1.29, 1.82) is 0 Å². The van der Waals surface area contributed by atoms with Crippen molar-refractivity contribution in [2.75, 3.05) is 13.2 Å². The second-order valence-electron chi connectivity index (χ2n) is 4.61. The monoisotopic (exact) mass is 306 g/mol. The summed E-state index contributed by atoms with van der Waals surface area (Å²) < 4.78 is 10.4. The zero-order valence-electron chi connectivity index (χ0n) is 13.0. The van der Waals surface area contributed by atoms with Crippen molar-refractivity contribution in [2.24, 2.45) is 0 Å². The summed E-state index contributed by atoms with van der Waals surface area (Å²) >= 11 is 0. The van der Waals surface area contributed by atoms with Gasteiger partial charge in [-0.2, -0.15) is 0 Å². The van der Waals surface area contributed by atoms with Crippen LogP contribution in [0.4, 0.5) is 0 Å². The summed E-state index contributed by atoms with van der Waals surface area (Å²) in [5.74, 6) is 6.13. The maximum absolute atomic E-state index is 11.6. The summed E-state index contributed by atoms with van der Waals surface area (Å²) in [5.41, 5.74) is 1.80. The molecule has 0 aliphatic heterocycles. The number of ether oxygens (including phenoxy) is 2. The molecule has 0 unspecified atom stereocenters. The first-order chi connectivity index (χ1) is 11.3. The van der Waals surface area contributed by atoms with Gasteiger partial charge in [0.25, 0.3) is 0 Å². The Morgan fingerprint density at radius 3 is 2.52 bits per heavy atom. The van der Waals surface area contributed by atoms with Crippen LogP contribution in [0.3, 0.4) is 0 Å². The molecule has 0 fully saturated rings. The molecule has 23 heavy (non-hydrogen) atoms. The molecule has 0 aliphatic carbocycles. The highest BCUT2D eigenvalue weighted by molar-refractivity contribution is 5.87. The van der Waals surface area contributed by atoms with Gasteiger partial charge in [0.1, 0.15) is 5.75 Å². The smallest absolute Gasteiger partial charge is 0.331 e. The minimum atomic E-state index is -0.416. The van der Waals surface area contributed by atoms with E-state index in [1.165, 1.54) is 6.08 Å². The SMILES string of the molecule is CCOc1ccc(/C=C/C(=O)OCC#Cc2ccccc2)cc1. The normalized spacial score (nSPS) is 9.96. The Balaban J connectivity index is 1.79. The summed E-state index contributed by atoms with van der Waals surface area (Å²) in [6.07, 6.45) is 3.09. The summed E-state index contributed by atoms with van der Waals surface area (Å²) in [5, 5.41) is 0. The van der Waals surface area contributed by atoms with E-state index in [0.717, 1.165) is 16.9 Å². The third-order valence-corrected chi connectivity index (χ3v) is 2.90. The van der Waals surface area contributed by atoms with Gasteiger partial charge in [0.2, 0.25) is 0 Å². The fourth-order valence-corrected chi connectivity index (χ4v) is 1.82. The molecule has 0 atom stereocenters. The number of hydrogen-bond donors (Lipinski definition) is 0. The van der Waals surface area contributed by atoms with Crippen LogP contribution in [0.15, 0.2) is 60.7 Å². The molecule has 0 saturated carbocycles. The molecule has 0 amide bonds. The van der Waals surface area contributed by atoms with Gasteiger partial charge in [-0.25, -0.2) is 4.79 Å². The van der Waals surface area contributed by atoms with E-state index in [9.17, 15) is 4.79 Å². The zero-order valence-corrected chi connectivity index (χ0v) is 13.0. The molecule has 0 radical (unpaired) electrons. The highest BCUT2D eigenvalue weighted by Gasteiger charge is 1.96. The Morgan fingerprint density at radius 2 is 1.83 bits per heavy atom. The topological polar surface area (TPSA) is 35.5 Å². The molecule has 0 spiro atoms. The van der Waals surface area contributed by atoms with Crippen LogP contribution in [0, 0.1) is 11.8 Å². The maximum Gasteiger partial charge on any atom is 0.331 e. The molecular weight excluding hydrogens is 288 g/mol. The summed E-state index contributed by atoms with van der Waals surface area (Å²) in [6.45, 7) is 2.64. The van der Waals surface area contributed by atoms with Gasteiger partial charge in [-0.3, -0.25) is 0 Å². The van der Waals surface area contributed by atoms with E-state index in [-0.39, 0.29) is 6.61 Å². The van der Waals surface area contributed by atoms with Crippen LogP contribution in [-0.2, 0) is 9.53 Å². The van der Waals surface area contributed by atoms with E-state index in [4.69, 9.17) is 9.47 Å². The van der Waals surface area contributed by atoms with Gasteiger partial charge in [0, 0.05) is 11.6 Å². The molecule has 0 N–H and O–H groups in total. The van der Waals surface area contributed by atoms with Gasteiger partial charge in [-0.15, -0.1) is 0 Å². The first-order valence-electron chi connectivity index (χ1n) is 7.39. The third kappa shape index (κ3) is 6.11. The van der Waals surface area contributed by atoms with Crippen LogP contribution >= 0.6 is 0 Å². The Labute approximate surface area is 136 Å². The van der Waals surface area contributed by atoms with Gasteiger partial charge < -0.3 is 9.47 Å². The molecule has 0 bridgehead atoms. The van der Waals surface area contributed by atoms with Gasteiger partial charge in [0.05, 0.1) is 6.61 Å². The van der Waals surface area contributed by atoms with Gasteiger partial charge in [0.15, 0.2) is 6.61 Å². The molecule has 0 saturated heterocycles. The van der Waals surface area contributed by atoms with Crippen molar-refractivity contribution in [1.82, 2.24) is 0 Å². The molecule has 2 aromatic carbocycles. The van der Waals surface area contributed by atoms with Crippen LogP contribution in [0.2, 0.25) is 0 Å². The van der Waals surface area contributed by atoms with Gasteiger partial charge in [-0.1, -0.05) is 42.2 Å². The summed E-state index contributed by atoms with van der Waals surface area (Å²) in [4.78, 5) is 11.6. The van der Waals surface area contributed by atoms with E-state index in [1.54, 1.807) is 6.08 Å². The van der Waals surface area contributed by atoms with Gasteiger partial charge in [-0.05, 0) is 42.8 Å². The first-order valence-corrected chi connectivity index (χ1v) is 7.39. The Bertz CT molecular complexity index is 704. The molecular formula is C20H18O3. The van der Waals surface area contributed by atoms with E-state index in [1.807, 2.05) is 61.5 Å². The maximum atomic E-state index is 11.6. The number of benzene rings is 2. The van der Waals surface area contributed by atoms with Crippen LogP contribution in [-0.4, -0.2) is 19.2 Å². The lowest BCUT2D eigenvalue weighted by Gasteiger charge is -2.02. The van der Waals surface area contributed by atoms with Crippen molar-refractivity contribution in [3.63, 3.8) is 0 Å². The van der Waals surface area contributed by atoms with Crippen molar-refractivity contribution in [3.8, 4) is 17.6 Å². The van der Waals surface area contributed by atoms with E-state index < -0.39 is 5.97 Å². The molecule has 116 valence electrons. The molecule has 3 nitrogen and oxygen atoms in total. The molecule has 2 aromatic rings. The largest absolute Gasteiger partial charge is 0.494 e. The molecule has 0 aromatic heterocycles. The van der Waals surface area contributed by atoms with Crippen LogP contribution in [0.1, 0.15) is 18.1 Å². The molecule has 0 heterocycles. The Hall–Kier alpha value is -2.99. The van der Waals surface area contributed by atoms with Crippen molar-refractivity contribution in [3.05, 3.63) is 71.8 Å². The van der Waals surface area contributed by atoms with Crippen molar-refractivity contribution >= 4 is 12.0 Å². The number of rotatable bonds is 5. The quantitative estimate of drug-likeness (QED) is 0.480. The molecule has 3 heteroatoms. The fourth-order valence-electron chi connectivity index (χ4n) is 1.82. The summed E-state index contributed by atoms with van der Waals surface area (Å²) in [7, 11) is 0. The van der Waals surface area contributed by atoms with Crippen LogP contribution in [0.5, 0.6) is 5.75 Å². The number of carbonyl (C=O) groups excluding carboxylic acids is 1. The number of esters is 1. The van der Waals surface area contributed by atoms with Crippen molar-refractivity contribution in [2.45, 2.75) is 6.92 Å². The minimum Gasteiger partial charge on any atom is -0.494 e. The number of hydrogen-bond acceptors (Lipinski definition) is 3. The highest BCUT2D eigenvalue weighted by atomic mass is 16.5. The van der Waals surface area contributed by atoms with E-state index >= 15 is 0 Å². The average molecular weight is 306 g/mol. The summed E-state index contributed by atoms with van der Waals surface area (Å²) in [6, 6.07) is 17.0. The average Bonchev–Trinajstić information content (AvgIpc) is 2.59. The standard InChI is InChI=1S/C20H18O3/c1-2-22-19-13-10-18(11-14-19)12-15-20(21)23-16-6-9-17-7-4-3-5-8-17/h3-5,7-8,10-15H,2,16H2,1H3/b15-12+. The minimum absolute atomic E-state index is 0.0708. The fraction of sp³-hybridized carbons (Fsp3) is 0.150. The van der Waals surface area contributed by atoms with Crippen LogP contribution < -0.4 is 4.74 Å². The lowest BCUT2D eigenvalue weighted by molar-refractivity contribution is -0.136. The van der Waals surface area contributed by atoms with E-state index in [2.05, 4.69) is 11.8 Å². The highest BCUT2D eigenvalue weighted by Crippen LogP contribution is 2.13. The second-order valence-corrected chi connectivity index (χ2v) is 4.61. The zero-order chi connectivity index (χ0) is 16.3. The molecule has 2 rings (SSSR count). The molecule has 0 aliphatic rings. The predicted molar refractivity (Wildman–Crippen MR) is 90.9 cm³/mol. The Kier molecular flexibility index (Phi) is 6.49. The Morgan fingerprint density at radius 1 is 1.09 bits per heavy atom. The predicted octanol–water partition coefficient (Wildman–Crippen LogP) is 3.69. The lowest BCUT2D eigenvalue weighted by atomic mass is 10.2.